The number of benzene rings is 1. The van der Waals surface area contributed by atoms with Gasteiger partial charge >= 0.3 is 0 Å². The monoisotopic (exact) mass is 239 g/mol. The summed E-state index contributed by atoms with van der Waals surface area (Å²) in [4.78, 5) is 6.72. The van der Waals surface area contributed by atoms with Crippen LogP contribution < -0.4 is 5.32 Å². The van der Waals surface area contributed by atoms with Crippen LogP contribution >= 0.6 is 0 Å². The van der Waals surface area contributed by atoms with Crippen molar-refractivity contribution in [2.45, 2.75) is 20.0 Å². The lowest BCUT2D eigenvalue weighted by molar-refractivity contribution is 0.266. The molecule has 1 aliphatic heterocycles. The number of nitrogens with zero attached hydrogens (tertiary/aromatic N) is 2. The van der Waals surface area contributed by atoms with E-state index in [1.165, 1.54) is 16.7 Å². The van der Waals surface area contributed by atoms with Crippen LogP contribution in [-0.2, 0) is 13.1 Å². The zero-order valence-electron chi connectivity index (χ0n) is 10.6. The van der Waals surface area contributed by atoms with E-state index in [0.29, 0.717) is 0 Å². The Morgan fingerprint density at radius 1 is 1.28 bits per heavy atom. The standard InChI is InChI=1S/C15H17N3/c1-12-4-2-5-13(8-12)9-18-10-14-6-3-7-16-15(14)17-11-18/h2-8H,9-11H2,1H3,(H,16,17). The van der Waals surface area contributed by atoms with Gasteiger partial charge in [0.1, 0.15) is 5.82 Å². The Kier molecular flexibility index (Phi) is 2.99. The SMILES string of the molecule is Cc1cccc(CN2CNc3ncccc3C2)c1. The van der Waals surface area contributed by atoms with Gasteiger partial charge in [-0.05, 0) is 18.6 Å². The van der Waals surface area contributed by atoms with Crippen molar-refractivity contribution >= 4 is 5.82 Å². The number of anilines is 1. The maximum Gasteiger partial charge on any atom is 0.131 e. The summed E-state index contributed by atoms with van der Waals surface area (Å²) in [5.41, 5.74) is 3.96. The third kappa shape index (κ3) is 2.36. The average Bonchev–Trinajstić information content (AvgIpc) is 2.39. The molecule has 3 nitrogen and oxygen atoms in total. The summed E-state index contributed by atoms with van der Waals surface area (Å²) in [7, 11) is 0. The van der Waals surface area contributed by atoms with E-state index in [0.717, 1.165) is 25.6 Å². The number of fused-ring (bicyclic) bond motifs is 1. The fourth-order valence-corrected chi connectivity index (χ4v) is 2.39. The highest BCUT2D eigenvalue weighted by Gasteiger charge is 2.15. The number of hydrogen-bond acceptors (Lipinski definition) is 3. The zero-order valence-corrected chi connectivity index (χ0v) is 10.6. The van der Waals surface area contributed by atoms with Gasteiger partial charge in [0.2, 0.25) is 0 Å². The summed E-state index contributed by atoms with van der Waals surface area (Å²) in [6.07, 6.45) is 1.84. The molecule has 0 aliphatic carbocycles. The molecular weight excluding hydrogens is 222 g/mol. The Bertz CT molecular complexity index is 551. The molecular formula is C15H17N3. The van der Waals surface area contributed by atoms with E-state index in [1.807, 2.05) is 12.3 Å². The van der Waals surface area contributed by atoms with Crippen molar-refractivity contribution < 1.29 is 0 Å². The highest BCUT2D eigenvalue weighted by Crippen LogP contribution is 2.20. The van der Waals surface area contributed by atoms with Crippen molar-refractivity contribution in [2.24, 2.45) is 0 Å². The molecule has 0 saturated carbocycles. The predicted molar refractivity (Wildman–Crippen MR) is 73.2 cm³/mol. The lowest BCUT2D eigenvalue weighted by atomic mass is 10.1. The topological polar surface area (TPSA) is 28.2 Å². The summed E-state index contributed by atoms with van der Waals surface area (Å²) in [5, 5.41) is 3.36. The lowest BCUT2D eigenvalue weighted by Crippen LogP contribution is -2.33. The van der Waals surface area contributed by atoms with E-state index in [1.54, 1.807) is 0 Å². The second kappa shape index (κ2) is 4.78. The Morgan fingerprint density at radius 2 is 2.22 bits per heavy atom. The van der Waals surface area contributed by atoms with Crippen molar-refractivity contribution in [3.05, 3.63) is 59.3 Å². The van der Waals surface area contributed by atoms with E-state index >= 15 is 0 Å². The van der Waals surface area contributed by atoms with Gasteiger partial charge in [0.25, 0.3) is 0 Å². The second-order valence-electron chi connectivity index (χ2n) is 4.82. The highest BCUT2D eigenvalue weighted by molar-refractivity contribution is 5.45. The van der Waals surface area contributed by atoms with Gasteiger partial charge in [-0.2, -0.15) is 0 Å². The smallest absolute Gasteiger partial charge is 0.131 e. The molecule has 0 atom stereocenters. The summed E-state index contributed by atoms with van der Waals surface area (Å²) >= 11 is 0. The fraction of sp³-hybridized carbons (Fsp3) is 0.267. The number of aromatic nitrogens is 1. The molecule has 0 saturated heterocycles. The molecule has 0 radical (unpaired) electrons. The van der Waals surface area contributed by atoms with E-state index in [4.69, 9.17) is 0 Å². The van der Waals surface area contributed by atoms with Gasteiger partial charge in [-0.3, -0.25) is 4.90 Å². The van der Waals surface area contributed by atoms with Crippen LogP contribution in [-0.4, -0.2) is 16.6 Å². The molecule has 0 fully saturated rings. The molecule has 18 heavy (non-hydrogen) atoms. The molecule has 0 unspecified atom stereocenters. The van der Waals surface area contributed by atoms with Crippen LogP contribution in [0.4, 0.5) is 5.82 Å². The van der Waals surface area contributed by atoms with Gasteiger partial charge < -0.3 is 5.32 Å². The number of nitrogens with one attached hydrogen (secondary N) is 1. The van der Waals surface area contributed by atoms with E-state index in [9.17, 15) is 0 Å². The summed E-state index contributed by atoms with van der Waals surface area (Å²) in [6, 6.07) is 12.8. The van der Waals surface area contributed by atoms with Crippen LogP contribution in [0.25, 0.3) is 0 Å². The number of rotatable bonds is 2. The first kappa shape index (κ1) is 11.2. The van der Waals surface area contributed by atoms with Gasteiger partial charge in [-0.1, -0.05) is 35.9 Å². The van der Waals surface area contributed by atoms with Gasteiger partial charge in [-0.15, -0.1) is 0 Å². The minimum Gasteiger partial charge on any atom is -0.357 e. The third-order valence-electron chi connectivity index (χ3n) is 3.24. The van der Waals surface area contributed by atoms with Gasteiger partial charge in [-0.25, -0.2) is 4.98 Å². The highest BCUT2D eigenvalue weighted by atomic mass is 15.3. The Morgan fingerprint density at radius 3 is 3.11 bits per heavy atom. The minimum absolute atomic E-state index is 0.859. The van der Waals surface area contributed by atoms with E-state index in [-0.39, 0.29) is 0 Å². The quantitative estimate of drug-likeness (QED) is 0.873. The summed E-state index contributed by atoms with van der Waals surface area (Å²) in [6.45, 7) is 4.93. The fourth-order valence-electron chi connectivity index (χ4n) is 2.39. The van der Waals surface area contributed by atoms with Crippen molar-refractivity contribution in [3.8, 4) is 0 Å². The third-order valence-corrected chi connectivity index (χ3v) is 3.24. The maximum absolute atomic E-state index is 4.34. The molecule has 1 aromatic carbocycles. The molecule has 3 heteroatoms. The molecule has 0 amide bonds. The lowest BCUT2D eigenvalue weighted by Gasteiger charge is -2.29. The van der Waals surface area contributed by atoms with Gasteiger partial charge in [0.15, 0.2) is 0 Å². The molecule has 0 bridgehead atoms. The van der Waals surface area contributed by atoms with Crippen molar-refractivity contribution in [1.82, 2.24) is 9.88 Å². The first-order valence-corrected chi connectivity index (χ1v) is 6.27. The van der Waals surface area contributed by atoms with Crippen molar-refractivity contribution in [1.29, 1.82) is 0 Å². The average molecular weight is 239 g/mol. The van der Waals surface area contributed by atoms with Gasteiger partial charge in [0.05, 0.1) is 6.67 Å². The minimum atomic E-state index is 0.859. The number of hydrogen-bond donors (Lipinski definition) is 1. The van der Waals surface area contributed by atoms with Crippen LogP contribution in [0.3, 0.4) is 0 Å². The molecule has 1 aromatic heterocycles. The summed E-state index contributed by atoms with van der Waals surface area (Å²) < 4.78 is 0. The number of aryl methyl sites for hydroxylation is 1. The van der Waals surface area contributed by atoms with Crippen LogP contribution in [0.15, 0.2) is 42.6 Å². The Hall–Kier alpha value is -1.87. The van der Waals surface area contributed by atoms with Crippen molar-refractivity contribution in [2.75, 3.05) is 12.0 Å². The van der Waals surface area contributed by atoms with Crippen LogP contribution in [0, 0.1) is 6.92 Å². The predicted octanol–water partition coefficient (Wildman–Crippen LogP) is 2.78. The molecule has 92 valence electrons. The Labute approximate surface area is 107 Å². The molecule has 2 heterocycles. The van der Waals surface area contributed by atoms with E-state index in [2.05, 4.69) is 52.5 Å². The Balaban J connectivity index is 1.73. The first-order chi connectivity index (χ1) is 8.81. The molecule has 1 aliphatic rings. The van der Waals surface area contributed by atoms with E-state index < -0.39 is 0 Å². The first-order valence-electron chi connectivity index (χ1n) is 6.27. The van der Waals surface area contributed by atoms with Crippen LogP contribution in [0.5, 0.6) is 0 Å². The second-order valence-corrected chi connectivity index (χ2v) is 4.82. The largest absolute Gasteiger partial charge is 0.357 e. The van der Waals surface area contributed by atoms with Crippen LogP contribution in [0.1, 0.15) is 16.7 Å². The van der Waals surface area contributed by atoms with Gasteiger partial charge in [0, 0.05) is 24.8 Å². The molecule has 3 rings (SSSR count). The maximum atomic E-state index is 4.34. The van der Waals surface area contributed by atoms with Crippen molar-refractivity contribution in [3.63, 3.8) is 0 Å². The normalized spacial score (nSPS) is 14.9. The molecule has 2 aromatic rings. The van der Waals surface area contributed by atoms with Crippen LogP contribution in [0.2, 0.25) is 0 Å². The zero-order chi connectivity index (χ0) is 12.4. The number of pyridine rings is 1. The molecule has 1 N–H and O–H groups in total. The summed E-state index contributed by atoms with van der Waals surface area (Å²) in [5.74, 6) is 1.03. The molecule has 0 spiro atoms.